The summed E-state index contributed by atoms with van der Waals surface area (Å²) in [4.78, 5) is 0. The van der Waals surface area contributed by atoms with Crippen LogP contribution in [0.4, 0.5) is 4.39 Å². The van der Waals surface area contributed by atoms with E-state index < -0.39 is 18.0 Å². The van der Waals surface area contributed by atoms with Crippen LogP contribution in [0.5, 0.6) is 11.5 Å². The monoisotopic (exact) mass is 338 g/mol. The van der Waals surface area contributed by atoms with E-state index in [-0.39, 0.29) is 12.2 Å². The number of benzene rings is 2. The molecule has 0 aromatic heterocycles. The number of ether oxygens (including phenoxy) is 2. The van der Waals surface area contributed by atoms with Crippen LogP contribution in [0.3, 0.4) is 0 Å². The first-order valence-corrected chi connectivity index (χ1v) is 6.96. The maximum Gasteiger partial charge on any atom is 0.163 e. The van der Waals surface area contributed by atoms with Crippen LogP contribution in [0, 0.1) is 5.82 Å². The van der Waals surface area contributed by atoms with E-state index in [1.165, 1.54) is 6.07 Å². The third-order valence-corrected chi connectivity index (χ3v) is 3.80. The molecule has 0 saturated heterocycles. The molecule has 104 valence electrons. The number of aliphatic hydroxyl groups is 1. The molecule has 2 aromatic rings. The highest BCUT2D eigenvalue weighted by Crippen LogP contribution is 2.35. The molecule has 3 nitrogen and oxygen atoms in total. The van der Waals surface area contributed by atoms with Gasteiger partial charge in [0.05, 0.1) is 4.47 Å². The van der Waals surface area contributed by atoms with Gasteiger partial charge in [-0.1, -0.05) is 24.3 Å². The maximum absolute atomic E-state index is 14.0. The first-order chi connectivity index (χ1) is 9.66. The molecule has 0 fully saturated rings. The van der Waals surface area contributed by atoms with E-state index in [0.29, 0.717) is 16.0 Å². The highest BCUT2D eigenvalue weighted by molar-refractivity contribution is 9.10. The molecule has 2 aromatic carbocycles. The van der Waals surface area contributed by atoms with Gasteiger partial charge in [0.25, 0.3) is 0 Å². The van der Waals surface area contributed by atoms with Crippen LogP contribution in [-0.4, -0.2) is 17.8 Å². The Bertz CT molecular complexity index is 632. The van der Waals surface area contributed by atoms with E-state index in [0.717, 1.165) is 0 Å². The van der Waals surface area contributed by atoms with Gasteiger partial charge in [-0.2, -0.15) is 0 Å². The molecule has 0 spiro atoms. The Morgan fingerprint density at radius 1 is 1.15 bits per heavy atom. The third kappa shape index (κ3) is 2.39. The van der Waals surface area contributed by atoms with Crippen molar-refractivity contribution in [2.75, 3.05) is 6.61 Å². The van der Waals surface area contributed by atoms with Crippen molar-refractivity contribution in [2.24, 2.45) is 0 Å². The summed E-state index contributed by atoms with van der Waals surface area (Å²) in [5, 5.41) is 10.3. The summed E-state index contributed by atoms with van der Waals surface area (Å²) in [7, 11) is 0. The highest BCUT2D eigenvalue weighted by Gasteiger charge is 2.30. The molecule has 1 N–H and O–H groups in total. The van der Waals surface area contributed by atoms with Crippen molar-refractivity contribution in [3.8, 4) is 11.5 Å². The molecule has 0 bridgehead atoms. The molecule has 2 atom stereocenters. The predicted molar refractivity (Wildman–Crippen MR) is 75.4 cm³/mol. The summed E-state index contributed by atoms with van der Waals surface area (Å²) >= 11 is 3.11. The molecular weight excluding hydrogens is 327 g/mol. The second-order valence-electron chi connectivity index (χ2n) is 4.50. The minimum Gasteiger partial charge on any atom is -0.486 e. The van der Waals surface area contributed by atoms with Crippen molar-refractivity contribution in [2.45, 2.75) is 12.2 Å². The molecule has 1 heterocycles. The minimum atomic E-state index is -1.10. The molecule has 1 aliphatic rings. The van der Waals surface area contributed by atoms with Crippen LogP contribution < -0.4 is 9.47 Å². The maximum atomic E-state index is 14.0. The lowest BCUT2D eigenvalue weighted by molar-refractivity contribution is -0.0128. The number of halogens is 2. The number of fused-ring (bicyclic) bond motifs is 1. The molecule has 1 aliphatic heterocycles. The lowest BCUT2D eigenvalue weighted by Gasteiger charge is -2.30. The van der Waals surface area contributed by atoms with E-state index >= 15 is 0 Å². The van der Waals surface area contributed by atoms with Crippen molar-refractivity contribution < 1.29 is 19.0 Å². The molecule has 0 aliphatic carbocycles. The molecule has 0 amide bonds. The van der Waals surface area contributed by atoms with Crippen LogP contribution in [0.15, 0.2) is 46.9 Å². The zero-order valence-corrected chi connectivity index (χ0v) is 12.0. The summed E-state index contributed by atoms with van der Waals surface area (Å²) in [5.41, 5.74) is 0.187. The van der Waals surface area contributed by atoms with E-state index in [1.54, 1.807) is 24.3 Å². The molecule has 3 rings (SSSR count). The summed E-state index contributed by atoms with van der Waals surface area (Å²) in [6.45, 7) is 0.171. The van der Waals surface area contributed by atoms with E-state index in [2.05, 4.69) is 15.9 Å². The number of rotatable bonds is 2. The first kappa shape index (κ1) is 13.4. The van der Waals surface area contributed by atoms with Gasteiger partial charge in [-0.25, -0.2) is 4.39 Å². The number of para-hydroxylation sites is 2. The van der Waals surface area contributed by atoms with Gasteiger partial charge in [-0.05, 0) is 34.1 Å². The van der Waals surface area contributed by atoms with Crippen LogP contribution in [0.1, 0.15) is 11.7 Å². The lowest BCUT2D eigenvalue weighted by atomic mass is 10.0. The SMILES string of the molecule is OC(c1cccc(Br)c1F)C1COc2ccccc2O1. The Morgan fingerprint density at radius 2 is 1.90 bits per heavy atom. The Kier molecular flexibility index (Phi) is 3.63. The zero-order chi connectivity index (χ0) is 14.1. The fourth-order valence-corrected chi connectivity index (χ4v) is 2.52. The van der Waals surface area contributed by atoms with Gasteiger partial charge in [0.1, 0.15) is 18.5 Å². The van der Waals surface area contributed by atoms with E-state index in [4.69, 9.17) is 9.47 Å². The van der Waals surface area contributed by atoms with Gasteiger partial charge in [0.15, 0.2) is 17.6 Å². The second-order valence-corrected chi connectivity index (χ2v) is 5.36. The first-order valence-electron chi connectivity index (χ1n) is 6.17. The Balaban J connectivity index is 1.86. The summed E-state index contributed by atoms with van der Waals surface area (Å²) < 4.78 is 25.5. The normalized spacial score (nSPS) is 18.6. The Labute approximate surface area is 124 Å². The van der Waals surface area contributed by atoms with Gasteiger partial charge in [-0.3, -0.25) is 0 Å². The van der Waals surface area contributed by atoms with Crippen molar-refractivity contribution >= 4 is 15.9 Å². The van der Waals surface area contributed by atoms with Gasteiger partial charge in [0.2, 0.25) is 0 Å². The van der Waals surface area contributed by atoms with Crippen molar-refractivity contribution in [1.29, 1.82) is 0 Å². The smallest absolute Gasteiger partial charge is 0.163 e. The summed E-state index contributed by atoms with van der Waals surface area (Å²) in [5.74, 6) is 0.700. The number of aliphatic hydroxyl groups excluding tert-OH is 1. The Morgan fingerprint density at radius 3 is 2.70 bits per heavy atom. The molecule has 20 heavy (non-hydrogen) atoms. The number of hydrogen-bond donors (Lipinski definition) is 1. The van der Waals surface area contributed by atoms with Crippen LogP contribution in [0.2, 0.25) is 0 Å². The lowest BCUT2D eigenvalue weighted by Crippen LogP contribution is -2.35. The van der Waals surface area contributed by atoms with Crippen molar-refractivity contribution in [1.82, 2.24) is 0 Å². The van der Waals surface area contributed by atoms with Gasteiger partial charge in [-0.15, -0.1) is 0 Å². The average Bonchev–Trinajstić information content (AvgIpc) is 2.49. The molecule has 2 unspecified atom stereocenters. The molecule has 0 radical (unpaired) electrons. The standard InChI is InChI=1S/C15H12BrFO3/c16-10-5-3-4-9(14(10)17)15(18)13-8-19-11-6-1-2-7-12(11)20-13/h1-7,13,15,18H,8H2. The quantitative estimate of drug-likeness (QED) is 0.911. The highest BCUT2D eigenvalue weighted by atomic mass is 79.9. The molecule has 5 heteroatoms. The van der Waals surface area contributed by atoms with Crippen molar-refractivity contribution in [3.05, 3.63) is 58.3 Å². The fraction of sp³-hybridized carbons (Fsp3) is 0.200. The van der Waals surface area contributed by atoms with Crippen LogP contribution in [-0.2, 0) is 0 Å². The molecule has 0 saturated carbocycles. The van der Waals surface area contributed by atoms with Gasteiger partial charge < -0.3 is 14.6 Å². The van der Waals surface area contributed by atoms with Gasteiger partial charge >= 0.3 is 0 Å². The fourth-order valence-electron chi connectivity index (χ4n) is 2.14. The molecular formula is C15H12BrFO3. The van der Waals surface area contributed by atoms with Gasteiger partial charge in [0, 0.05) is 5.56 Å². The summed E-state index contributed by atoms with van der Waals surface area (Å²) in [6.07, 6.45) is -1.74. The zero-order valence-electron chi connectivity index (χ0n) is 10.4. The minimum absolute atomic E-state index is 0.171. The Hall–Kier alpha value is -1.59. The second kappa shape index (κ2) is 5.42. The average molecular weight is 339 g/mol. The third-order valence-electron chi connectivity index (χ3n) is 3.18. The van der Waals surface area contributed by atoms with E-state index in [9.17, 15) is 9.50 Å². The van der Waals surface area contributed by atoms with Crippen molar-refractivity contribution in [3.63, 3.8) is 0 Å². The number of hydrogen-bond acceptors (Lipinski definition) is 3. The largest absolute Gasteiger partial charge is 0.486 e. The predicted octanol–water partition coefficient (Wildman–Crippen LogP) is 3.46. The topological polar surface area (TPSA) is 38.7 Å². The van der Waals surface area contributed by atoms with Crippen LogP contribution in [0.25, 0.3) is 0 Å². The van der Waals surface area contributed by atoms with E-state index in [1.807, 2.05) is 12.1 Å². The summed E-state index contributed by atoms with van der Waals surface area (Å²) in [6, 6.07) is 12.0. The van der Waals surface area contributed by atoms with Crippen LogP contribution >= 0.6 is 15.9 Å².